The van der Waals surface area contributed by atoms with Crippen LogP contribution in [-0.2, 0) is 6.42 Å². The van der Waals surface area contributed by atoms with Gasteiger partial charge in [0.15, 0.2) is 0 Å². The monoisotopic (exact) mass is 291 g/mol. The van der Waals surface area contributed by atoms with Crippen molar-refractivity contribution in [3.63, 3.8) is 0 Å². The molecule has 1 heterocycles. The molecule has 22 heavy (non-hydrogen) atoms. The van der Waals surface area contributed by atoms with E-state index in [-0.39, 0.29) is 5.56 Å². The lowest BCUT2D eigenvalue weighted by Gasteiger charge is -2.07. The minimum Gasteiger partial charge on any atom is -0.398 e. The van der Waals surface area contributed by atoms with E-state index >= 15 is 0 Å². The Morgan fingerprint density at radius 3 is 2.59 bits per heavy atom. The molecule has 0 radical (unpaired) electrons. The Morgan fingerprint density at radius 1 is 1.09 bits per heavy atom. The van der Waals surface area contributed by atoms with E-state index in [2.05, 4.69) is 9.97 Å². The minimum atomic E-state index is -0.157. The Hall–Kier alpha value is -2.88. The third-order valence-corrected chi connectivity index (χ3v) is 3.58. The van der Waals surface area contributed by atoms with E-state index in [4.69, 9.17) is 5.73 Å². The van der Waals surface area contributed by atoms with Gasteiger partial charge in [0, 0.05) is 23.7 Å². The lowest BCUT2D eigenvalue weighted by atomic mass is 10.1. The second-order valence-corrected chi connectivity index (χ2v) is 5.31. The van der Waals surface area contributed by atoms with Crippen LogP contribution in [0.4, 0.5) is 5.69 Å². The Kier molecular flexibility index (Phi) is 3.74. The summed E-state index contributed by atoms with van der Waals surface area (Å²) in [4.78, 5) is 19.3. The van der Waals surface area contributed by atoms with Gasteiger partial charge in [-0.25, -0.2) is 4.98 Å². The van der Waals surface area contributed by atoms with Gasteiger partial charge >= 0.3 is 0 Å². The first kappa shape index (κ1) is 14.1. The van der Waals surface area contributed by atoms with Gasteiger partial charge in [-0.1, -0.05) is 42.5 Å². The molecule has 0 aliphatic heterocycles. The van der Waals surface area contributed by atoms with E-state index in [1.54, 1.807) is 0 Å². The number of nitrogens with two attached hydrogens (primary N) is 1. The summed E-state index contributed by atoms with van der Waals surface area (Å²) in [5.74, 6) is 0.646. The lowest BCUT2D eigenvalue weighted by Crippen LogP contribution is -2.11. The minimum absolute atomic E-state index is 0.157. The van der Waals surface area contributed by atoms with Crippen LogP contribution in [-0.4, -0.2) is 9.97 Å². The number of hydrogen-bond donors (Lipinski definition) is 2. The number of H-pyrrole nitrogens is 1. The zero-order valence-corrected chi connectivity index (χ0v) is 12.3. The molecule has 0 bridgehead atoms. The number of aromatic nitrogens is 2. The van der Waals surface area contributed by atoms with E-state index in [1.165, 1.54) is 6.07 Å². The van der Waals surface area contributed by atoms with Crippen molar-refractivity contribution >= 4 is 5.69 Å². The molecule has 0 aliphatic carbocycles. The second kappa shape index (κ2) is 5.85. The van der Waals surface area contributed by atoms with Crippen molar-refractivity contribution in [2.45, 2.75) is 13.3 Å². The van der Waals surface area contributed by atoms with Gasteiger partial charge in [0.25, 0.3) is 5.56 Å². The molecule has 2 aromatic carbocycles. The average molecular weight is 291 g/mol. The van der Waals surface area contributed by atoms with Gasteiger partial charge in [0.05, 0.1) is 5.69 Å². The fraction of sp³-hybridized carbons (Fsp3) is 0.111. The van der Waals surface area contributed by atoms with Gasteiger partial charge in [-0.15, -0.1) is 0 Å². The van der Waals surface area contributed by atoms with Gasteiger partial charge in [0.1, 0.15) is 5.82 Å². The third-order valence-electron chi connectivity index (χ3n) is 3.58. The van der Waals surface area contributed by atoms with E-state index < -0.39 is 0 Å². The van der Waals surface area contributed by atoms with Gasteiger partial charge in [-0.3, -0.25) is 4.79 Å². The summed E-state index contributed by atoms with van der Waals surface area (Å²) in [5, 5.41) is 0. The summed E-state index contributed by atoms with van der Waals surface area (Å²) in [6.07, 6.45) is 0.589. The highest BCUT2D eigenvalue weighted by atomic mass is 16.1. The molecule has 110 valence electrons. The van der Waals surface area contributed by atoms with Gasteiger partial charge in [-0.05, 0) is 24.1 Å². The van der Waals surface area contributed by atoms with Gasteiger partial charge in [0.2, 0.25) is 0 Å². The number of nitrogen functional groups attached to an aromatic ring is 1. The van der Waals surface area contributed by atoms with Crippen molar-refractivity contribution in [2.75, 3.05) is 5.73 Å². The second-order valence-electron chi connectivity index (χ2n) is 5.31. The van der Waals surface area contributed by atoms with Crippen LogP contribution < -0.4 is 11.3 Å². The van der Waals surface area contributed by atoms with Crippen molar-refractivity contribution in [3.8, 4) is 11.3 Å². The summed E-state index contributed by atoms with van der Waals surface area (Å²) >= 11 is 0. The fourth-order valence-electron chi connectivity index (χ4n) is 2.33. The molecule has 0 saturated heterocycles. The highest BCUT2D eigenvalue weighted by Gasteiger charge is 2.06. The zero-order valence-electron chi connectivity index (χ0n) is 12.3. The Bertz CT molecular complexity index is 854. The first-order chi connectivity index (χ1) is 10.6. The summed E-state index contributed by atoms with van der Waals surface area (Å²) < 4.78 is 0. The highest BCUT2D eigenvalue weighted by Crippen LogP contribution is 2.21. The van der Waals surface area contributed by atoms with Crippen LogP contribution in [0.2, 0.25) is 0 Å². The first-order valence-electron chi connectivity index (χ1n) is 7.12. The number of aromatic amines is 1. The largest absolute Gasteiger partial charge is 0.398 e. The summed E-state index contributed by atoms with van der Waals surface area (Å²) in [6.45, 7) is 1.95. The molecule has 0 unspecified atom stereocenters. The molecule has 0 atom stereocenters. The number of aryl methyl sites for hydroxylation is 1. The summed E-state index contributed by atoms with van der Waals surface area (Å²) in [5.41, 5.74) is 10.1. The van der Waals surface area contributed by atoms with Crippen molar-refractivity contribution < 1.29 is 0 Å². The molecule has 1 aromatic heterocycles. The molecular weight excluding hydrogens is 274 g/mol. The van der Waals surface area contributed by atoms with E-state index in [9.17, 15) is 4.79 Å². The number of anilines is 1. The van der Waals surface area contributed by atoms with Crippen molar-refractivity contribution in [1.29, 1.82) is 0 Å². The van der Waals surface area contributed by atoms with Gasteiger partial charge in [-0.2, -0.15) is 0 Å². The average Bonchev–Trinajstić information content (AvgIpc) is 2.50. The number of rotatable bonds is 3. The maximum atomic E-state index is 11.9. The molecule has 3 N–H and O–H groups in total. The molecule has 4 heteroatoms. The van der Waals surface area contributed by atoms with Crippen molar-refractivity contribution in [3.05, 3.63) is 81.9 Å². The molecule has 4 nitrogen and oxygen atoms in total. The van der Waals surface area contributed by atoms with Crippen LogP contribution in [0.5, 0.6) is 0 Å². The quantitative estimate of drug-likeness (QED) is 0.729. The van der Waals surface area contributed by atoms with Crippen LogP contribution in [0.25, 0.3) is 11.3 Å². The normalized spacial score (nSPS) is 10.6. The van der Waals surface area contributed by atoms with Crippen LogP contribution in [0.3, 0.4) is 0 Å². The first-order valence-corrected chi connectivity index (χ1v) is 7.12. The van der Waals surface area contributed by atoms with E-state index in [1.807, 2.05) is 55.5 Å². The predicted octanol–water partition coefficient (Wildman–Crippen LogP) is 2.92. The molecule has 0 saturated carbocycles. The third kappa shape index (κ3) is 3.06. The highest BCUT2D eigenvalue weighted by molar-refractivity contribution is 5.65. The lowest BCUT2D eigenvalue weighted by molar-refractivity contribution is 0.950. The maximum Gasteiger partial charge on any atom is 0.251 e. The van der Waals surface area contributed by atoms with Crippen LogP contribution in [0.1, 0.15) is 17.0 Å². The SMILES string of the molecule is Cc1ccc(-c2cc(=O)[nH]c(Cc3ccccc3)n2)cc1N. The zero-order chi connectivity index (χ0) is 15.5. The Labute approximate surface area is 128 Å². The summed E-state index contributed by atoms with van der Waals surface area (Å²) in [7, 11) is 0. The molecular formula is C18H17N3O. The predicted molar refractivity (Wildman–Crippen MR) is 88.7 cm³/mol. The topological polar surface area (TPSA) is 71.8 Å². The molecule has 0 amide bonds. The molecule has 0 fully saturated rings. The van der Waals surface area contributed by atoms with Gasteiger partial charge < -0.3 is 10.7 Å². The maximum absolute atomic E-state index is 11.9. The molecule has 0 aliphatic rings. The van der Waals surface area contributed by atoms with E-state index in [0.717, 1.165) is 16.7 Å². The Morgan fingerprint density at radius 2 is 1.86 bits per heavy atom. The smallest absolute Gasteiger partial charge is 0.251 e. The number of benzene rings is 2. The number of hydrogen-bond acceptors (Lipinski definition) is 3. The molecule has 0 spiro atoms. The summed E-state index contributed by atoms with van der Waals surface area (Å²) in [6, 6.07) is 17.1. The van der Waals surface area contributed by atoms with Crippen molar-refractivity contribution in [1.82, 2.24) is 9.97 Å². The van der Waals surface area contributed by atoms with Crippen LogP contribution in [0.15, 0.2) is 59.4 Å². The van der Waals surface area contributed by atoms with E-state index in [0.29, 0.717) is 23.6 Å². The van der Waals surface area contributed by atoms with Crippen molar-refractivity contribution in [2.24, 2.45) is 0 Å². The number of nitrogens with zero attached hydrogens (tertiary/aromatic N) is 1. The van der Waals surface area contributed by atoms with Crippen LogP contribution >= 0.6 is 0 Å². The Balaban J connectivity index is 1.99. The molecule has 3 aromatic rings. The standard InChI is InChI=1S/C18H17N3O/c1-12-7-8-14(10-15(12)19)16-11-18(22)21-17(20-16)9-13-5-3-2-4-6-13/h2-8,10-11H,9,19H2,1H3,(H,20,21,22). The number of nitrogens with one attached hydrogen (secondary N) is 1. The fourth-order valence-corrected chi connectivity index (χ4v) is 2.33. The van der Waals surface area contributed by atoms with Crippen LogP contribution in [0, 0.1) is 6.92 Å². The molecule has 3 rings (SSSR count).